The van der Waals surface area contributed by atoms with Gasteiger partial charge in [-0.05, 0) is 51.9 Å². The van der Waals surface area contributed by atoms with Crippen LogP contribution in [0.3, 0.4) is 0 Å². The van der Waals surface area contributed by atoms with Crippen molar-refractivity contribution in [2.45, 2.75) is 64.5 Å². The van der Waals surface area contributed by atoms with Crippen LogP contribution in [0, 0.1) is 11.8 Å². The normalized spacial score (nSPS) is 27.1. The number of imidazole rings is 1. The van der Waals surface area contributed by atoms with Crippen LogP contribution in [0.25, 0.3) is 0 Å². The van der Waals surface area contributed by atoms with E-state index in [1.807, 2.05) is 33.3 Å². The van der Waals surface area contributed by atoms with Gasteiger partial charge in [-0.25, -0.2) is 9.78 Å². The first-order valence-electron chi connectivity index (χ1n) is 8.40. The number of alkyl carbamates (subject to hydrolysis) is 1. The molecule has 1 N–H and O–H groups in total. The van der Waals surface area contributed by atoms with E-state index < -0.39 is 5.60 Å². The molecular formula is C17H27N3O2. The molecule has 0 radical (unpaired) electrons. The molecule has 122 valence electrons. The van der Waals surface area contributed by atoms with E-state index in [0.29, 0.717) is 12.6 Å². The van der Waals surface area contributed by atoms with Crippen LogP contribution in [0.1, 0.15) is 58.2 Å². The molecule has 0 aliphatic heterocycles. The number of hydrogen-bond donors (Lipinski definition) is 1. The van der Waals surface area contributed by atoms with Crippen LogP contribution in [0.2, 0.25) is 0 Å². The van der Waals surface area contributed by atoms with E-state index in [1.54, 1.807) is 0 Å². The largest absolute Gasteiger partial charge is 0.444 e. The van der Waals surface area contributed by atoms with Gasteiger partial charge in [0.25, 0.3) is 0 Å². The number of rotatable bonds is 4. The van der Waals surface area contributed by atoms with Gasteiger partial charge in [0.05, 0.1) is 6.33 Å². The Labute approximate surface area is 132 Å². The number of carbonyl (C=O) groups is 1. The van der Waals surface area contributed by atoms with Crippen molar-refractivity contribution >= 4 is 6.09 Å². The second kappa shape index (κ2) is 5.94. The van der Waals surface area contributed by atoms with E-state index in [2.05, 4.69) is 14.9 Å². The molecule has 2 fully saturated rings. The lowest BCUT2D eigenvalue weighted by atomic mass is 9.95. The third-order valence-electron chi connectivity index (χ3n) is 4.85. The van der Waals surface area contributed by atoms with Crippen molar-refractivity contribution in [1.29, 1.82) is 0 Å². The predicted octanol–water partition coefficient (Wildman–Crippen LogP) is 3.31. The quantitative estimate of drug-likeness (QED) is 0.928. The first-order valence-corrected chi connectivity index (χ1v) is 8.40. The topological polar surface area (TPSA) is 56.1 Å². The predicted molar refractivity (Wildman–Crippen MR) is 84.7 cm³/mol. The van der Waals surface area contributed by atoms with Gasteiger partial charge >= 0.3 is 6.09 Å². The number of nitrogens with zero attached hydrogens (tertiary/aromatic N) is 2. The first-order chi connectivity index (χ1) is 10.4. The summed E-state index contributed by atoms with van der Waals surface area (Å²) >= 11 is 0. The van der Waals surface area contributed by atoms with Crippen molar-refractivity contribution in [3.8, 4) is 0 Å². The van der Waals surface area contributed by atoms with Gasteiger partial charge in [0.15, 0.2) is 0 Å². The Morgan fingerprint density at radius 2 is 2.23 bits per heavy atom. The zero-order valence-electron chi connectivity index (χ0n) is 13.8. The molecule has 2 aliphatic carbocycles. The summed E-state index contributed by atoms with van der Waals surface area (Å²) in [5.41, 5.74) is 0.767. The molecule has 1 aromatic heterocycles. The van der Waals surface area contributed by atoms with Gasteiger partial charge in [0, 0.05) is 30.9 Å². The fourth-order valence-electron chi connectivity index (χ4n) is 3.98. The van der Waals surface area contributed by atoms with Gasteiger partial charge in [-0.2, -0.15) is 0 Å². The highest BCUT2D eigenvalue weighted by Gasteiger charge is 2.40. The molecule has 5 nitrogen and oxygen atoms in total. The summed E-state index contributed by atoms with van der Waals surface area (Å²) in [4.78, 5) is 16.0. The van der Waals surface area contributed by atoms with Crippen molar-refractivity contribution in [3.05, 3.63) is 18.2 Å². The summed E-state index contributed by atoms with van der Waals surface area (Å²) in [6, 6.07) is 0.623. The van der Waals surface area contributed by atoms with Gasteiger partial charge in [0.2, 0.25) is 0 Å². The summed E-state index contributed by atoms with van der Waals surface area (Å²) in [6.07, 6.45) is 9.81. The number of nitrogens with one attached hydrogen (secondary N) is 1. The average molecular weight is 305 g/mol. The van der Waals surface area contributed by atoms with Gasteiger partial charge < -0.3 is 14.6 Å². The minimum Gasteiger partial charge on any atom is -0.444 e. The molecule has 5 heteroatoms. The SMILES string of the molecule is CC(C)(C)OC(=O)NCCc1cncn1C1CC2CCC1C2. The molecule has 2 aliphatic rings. The zero-order valence-corrected chi connectivity index (χ0v) is 13.8. The molecular weight excluding hydrogens is 278 g/mol. The zero-order chi connectivity index (χ0) is 15.7. The number of carbonyl (C=O) groups excluding carboxylic acids is 1. The second-order valence-electron chi connectivity index (χ2n) is 7.71. The average Bonchev–Trinajstić information content (AvgIpc) is 3.11. The Hall–Kier alpha value is -1.52. The molecule has 0 spiro atoms. The molecule has 2 saturated carbocycles. The van der Waals surface area contributed by atoms with Crippen LogP contribution in [0.5, 0.6) is 0 Å². The number of aromatic nitrogens is 2. The van der Waals surface area contributed by atoms with Crippen molar-refractivity contribution < 1.29 is 9.53 Å². The number of amides is 1. The maximum atomic E-state index is 11.7. The van der Waals surface area contributed by atoms with E-state index in [4.69, 9.17) is 4.74 Å². The Morgan fingerprint density at radius 3 is 2.86 bits per heavy atom. The molecule has 3 atom stereocenters. The van der Waals surface area contributed by atoms with Crippen LogP contribution in [-0.2, 0) is 11.2 Å². The molecule has 3 rings (SSSR count). The maximum absolute atomic E-state index is 11.7. The van der Waals surface area contributed by atoms with Crippen LogP contribution < -0.4 is 5.32 Å². The fourth-order valence-corrected chi connectivity index (χ4v) is 3.98. The van der Waals surface area contributed by atoms with Gasteiger partial charge in [-0.15, -0.1) is 0 Å². The van der Waals surface area contributed by atoms with E-state index in [1.165, 1.54) is 31.4 Å². The maximum Gasteiger partial charge on any atom is 0.407 e. The van der Waals surface area contributed by atoms with Crippen LogP contribution in [-0.4, -0.2) is 27.8 Å². The Bertz CT molecular complexity index is 532. The van der Waals surface area contributed by atoms with E-state index in [9.17, 15) is 4.79 Å². The summed E-state index contributed by atoms with van der Waals surface area (Å²) in [6.45, 7) is 6.20. The highest BCUT2D eigenvalue weighted by molar-refractivity contribution is 5.67. The first kappa shape index (κ1) is 15.4. The third kappa shape index (κ3) is 3.45. The van der Waals surface area contributed by atoms with E-state index in [-0.39, 0.29) is 6.09 Å². The molecule has 1 heterocycles. The fraction of sp³-hybridized carbons (Fsp3) is 0.765. The summed E-state index contributed by atoms with van der Waals surface area (Å²) in [7, 11) is 0. The minimum atomic E-state index is -0.449. The Morgan fingerprint density at radius 1 is 1.41 bits per heavy atom. The smallest absolute Gasteiger partial charge is 0.407 e. The second-order valence-corrected chi connectivity index (χ2v) is 7.71. The third-order valence-corrected chi connectivity index (χ3v) is 4.85. The number of fused-ring (bicyclic) bond motifs is 2. The van der Waals surface area contributed by atoms with E-state index >= 15 is 0 Å². The van der Waals surface area contributed by atoms with Crippen molar-refractivity contribution in [2.24, 2.45) is 11.8 Å². The van der Waals surface area contributed by atoms with Crippen LogP contribution in [0.4, 0.5) is 4.79 Å². The van der Waals surface area contributed by atoms with Crippen LogP contribution in [0.15, 0.2) is 12.5 Å². The Kier molecular flexibility index (Phi) is 4.15. The lowest BCUT2D eigenvalue weighted by Gasteiger charge is -2.25. The van der Waals surface area contributed by atoms with Crippen molar-refractivity contribution in [3.63, 3.8) is 0 Å². The highest BCUT2D eigenvalue weighted by atomic mass is 16.6. The summed E-state index contributed by atoms with van der Waals surface area (Å²) < 4.78 is 7.60. The van der Waals surface area contributed by atoms with Gasteiger partial charge in [-0.3, -0.25) is 0 Å². The molecule has 3 unspecified atom stereocenters. The molecule has 0 saturated heterocycles. The molecule has 1 amide bonds. The molecule has 2 bridgehead atoms. The standard InChI is InChI=1S/C17H27N3O2/c1-17(2,3)22-16(21)19-7-6-14-10-18-11-20(14)15-9-12-4-5-13(15)8-12/h10-13,15H,4-9H2,1-3H3,(H,19,21). The number of ether oxygens (including phenoxy) is 1. The number of hydrogen-bond acceptors (Lipinski definition) is 3. The van der Waals surface area contributed by atoms with Crippen molar-refractivity contribution in [1.82, 2.24) is 14.9 Å². The molecule has 0 aromatic carbocycles. The summed E-state index contributed by atoms with van der Waals surface area (Å²) in [5.74, 6) is 1.75. The molecule has 1 aromatic rings. The Balaban J connectivity index is 1.52. The summed E-state index contributed by atoms with van der Waals surface area (Å²) in [5, 5.41) is 2.83. The highest BCUT2D eigenvalue weighted by Crippen LogP contribution is 2.50. The molecule has 22 heavy (non-hydrogen) atoms. The van der Waals surface area contributed by atoms with Crippen molar-refractivity contribution in [2.75, 3.05) is 6.54 Å². The lowest BCUT2D eigenvalue weighted by Crippen LogP contribution is -2.33. The minimum absolute atomic E-state index is 0.349. The van der Waals surface area contributed by atoms with E-state index in [0.717, 1.165) is 18.3 Å². The van der Waals surface area contributed by atoms with Gasteiger partial charge in [0.1, 0.15) is 5.60 Å². The van der Waals surface area contributed by atoms with Gasteiger partial charge in [-0.1, -0.05) is 6.42 Å². The monoisotopic (exact) mass is 305 g/mol. The van der Waals surface area contributed by atoms with Crippen LogP contribution >= 0.6 is 0 Å². The lowest BCUT2D eigenvalue weighted by molar-refractivity contribution is 0.0528.